The highest BCUT2D eigenvalue weighted by atomic mass is 16.5. The lowest BCUT2D eigenvalue weighted by Crippen LogP contribution is -2.43. The van der Waals surface area contributed by atoms with Gasteiger partial charge >= 0.3 is 6.03 Å². The molecule has 0 aliphatic carbocycles. The smallest absolute Gasteiger partial charge is 0.319 e. The van der Waals surface area contributed by atoms with E-state index < -0.39 is 0 Å². The fourth-order valence-electron chi connectivity index (χ4n) is 3.07. The summed E-state index contributed by atoms with van der Waals surface area (Å²) >= 11 is 0. The van der Waals surface area contributed by atoms with Crippen molar-refractivity contribution in [3.63, 3.8) is 0 Å². The van der Waals surface area contributed by atoms with Crippen LogP contribution >= 0.6 is 0 Å². The number of methoxy groups -OCH3 is 1. The monoisotopic (exact) mass is 366 g/mol. The molecule has 1 aliphatic rings. The van der Waals surface area contributed by atoms with Gasteiger partial charge in [-0.1, -0.05) is 0 Å². The number of ether oxygens (including phenoxy) is 1. The number of carbonyl (C=O) groups excluding carboxylic acids is 2. The van der Waals surface area contributed by atoms with Crippen molar-refractivity contribution < 1.29 is 14.3 Å². The van der Waals surface area contributed by atoms with Crippen LogP contribution < -0.4 is 10.6 Å². The summed E-state index contributed by atoms with van der Waals surface area (Å²) < 4.78 is 6.71. The summed E-state index contributed by atoms with van der Waals surface area (Å²) in [7, 11) is 5.22. The first-order valence-electron chi connectivity index (χ1n) is 9.02. The summed E-state index contributed by atoms with van der Waals surface area (Å²) in [5, 5.41) is 9.75. The number of likely N-dealkylation sites (N-methyl/N-ethyl adjacent to an activating group) is 1. The van der Waals surface area contributed by atoms with Crippen LogP contribution in [0, 0.1) is 0 Å². The fraction of sp³-hybridized carbons (Fsp3) is 0.706. The lowest BCUT2D eigenvalue weighted by atomic mass is 10.2. The number of amides is 3. The van der Waals surface area contributed by atoms with E-state index in [4.69, 9.17) is 4.74 Å². The molecule has 0 spiro atoms. The van der Waals surface area contributed by atoms with Crippen LogP contribution in [0.25, 0.3) is 0 Å². The van der Waals surface area contributed by atoms with Crippen LogP contribution in [-0.2, 0) is 16.1 Å². The standard InChI is InChI=1S/C17H30N6O3/c1-21(2)16(24)15-6-4-8-22(15)9-5-7-18-17(25)20-14-12-19-23(13-14)10-11-26-3/h12-13,15H,4-11H2,1-3H3,(H2,18,20,25)/t15-/m0/s1. The van der Waals surface area contributed by atoms with Gasteiger partial charge in [0.05, 0.1) is 31.1 Å². The molecule has 2 rings (SSSR count). The van der Waals surface area contributed by atoms with Crippen molar-refractivity contribution in [3.05, 3.63) is 12.4 Å². The Morgan fingerprint density at radius 2 is 2.19 bits per heavy atom. The summed E-state index contributed by atoms with van der Waals surface area (Å²) in [4.78, 5) is 28.0. The number of rotatable bonds is 9. The first-order valence-corrected chi connectivity index (χ1v) is 9.02. The molecule has 0 saturated carbocycles. The van der Waals surface area contributed by atoms with Gasteiger partial charge in [0.25, 0.3) is 0 Å². The lowest BCUT2D eigenvalue weighted by Gasteiger charge is -2.26. The zero-order chi connectivity index (χ0) is 18.9. The van der Waals surface area contributed by atoms with E-state index in [2.05, 4.69) is 20.6 Å². The first-order chi connectivity index (χ1) is 12.5. The Hall–Kier alpha value is -2.13. The molecule has 2 heterocycles. The van der Waals surface area contributed by atoms with E-state index in [0.29, 0.717) is 25.4 Å². The number of nitrogens with zero attached hydrogens (tertiary/aromatic N) is 4. The van der Waals surface area contributed by atoms with Gasteiger partial charge in [-0.3, -0.25) is 14.4 Å². The number of anilines is 1. The van der Waals surface area contributed by atoms with Gasteiger partial charge in [0.1, 0.15) is 0 Å². The molecule has 1 atom stereocenters. The lowest BCUT2D eigenvalue weighted by molar-refractivity contribution is -0.133. The highest BCUT2D eigenvalue weighted by Crippen LogP contribution is 2.18. The number of nitrogens with one attached hydrogen (secondary N) is 2. The Morgan fingerprint density at radius 3 is 2.92 bits per heavy atom. The van der Waals surface area contributed by atoms with E-state index in [-0.39, 0.29) is 18.0 Å². The van der Waals surface area contributed by atoms with Crippen LogP contribution in [0.4, 0.5) is 10.5 Å². The van der Waals surface area contributed by atoms with Crippen molar-refractivity contribution in [2.24, 2.45) is 0 Å². The minimum atomic E-state index is -0.251. The summed E-state index contributed by atoms with van der Waals surface area (Å²) in [5.41, 5.74) is 0.648. The second-order valence-corrected chi connectivity index (χ2v) is 6.65. The minimum Gasteiger partial charge on any atom is -0.383 e. The average Bonchev–Trinajstić information content (AvgIpc) is 3.25. The van der Waals surface area contributed by atoms with Crippen LogP contribution in [0.5, 0.6) is 0 Å². The maximum atomic E-state index is 12.2. The molecule has 1 saturated heterocycles. The Morgan fingerprint density at radius 1 is 1.38 bits per heavy atom. The molecule has 9 nitrogen and oxygen atoms in total. The predicted octanol–water partition coefficient (Wildman–Crippen LogP) is 0.594. The SMILES string of the molecule is COCCn1cc(NC(=O)NCCCN2CCC[C@H]2C(=O)N(C)C)cn1. The number of likely N-dealkylation sites (tertiary alicyclic amines) is 1. The van der Waals surface area contributed by atoms with E-state index in [9.17, 15) is 9.59 Å². The Kier molecular flexibility index (Phi) is 7.86. The summed E-state index contributed by atoms with van der Waals surface area (Å²) in [6.07, 6.45) is 6.14. The van der Waals surface area contributed by atoms with Crippen LogP contribution in [0.15, 0.2) is 12.4 Å². The molecule has 2 N–H and O–H groups in total. The number of hydrogen-bond acceptors (Lipinski definition) is 5. The average molecular weight is 366 g/mol. The molecule has 0 bridgehead atoms. The van der Waals surface area contributed by atoms with Gasteiger partial charge in [0.15, 0.2) is 0 Å². The highest BCUT2D eigenvalue weighted by Gasteiger charge is 2.30. The van der Waals surface area contributed by atoms with E-state index in [1.165, 1.54) is 0 Å². The first kappa shape index (κ1) is 20.2. The van der Waals surface area contributed by atoms with E-state index in [0.717, 1.165) is 32.4 Å². The zero-order valence-electron chi connectivity index (χ0n) is 15.9. The van der Waals surface area contributed by atoms with Gasteiger partial charge < -0.3 is 20.3 Å². The van der Waals surface area contributed by atoms with Crippen molar-refractivity contribution in [2.75, 3.05) is 52.8 Å². The van der Waals surface area contributed by atoms with Crippen molar-refractivity contribution >= 4 is 17.6 Å². The highest BCUT2D eigenvalue weighted by molar-refractivity contribution is 5.88. The zero-order valence-corrected chi connectivity index (χ0v) is 15.9. The molecule has 9 heteroatoms. The van der Waals surface area contributed by atoms with E-state index in [1.54, 1.807) is 43.2 Å². The molecule has 26 heavy (non-hydrogen) atoms. The van der Waals surface area contributed by atoms with Crippen LogP contribution in [0.1, 0.15) is 19.3 Å². The van der Waals surface area contributed by atoms with Crippen molar-refractivity contribution in [1.29, 1.82) is 0 Å². The normalized spacial score (nSPS) is 17.3. The van der Waals surface area contributed by atoms with Crippen LogP contribution in [0.3, 0.4) is 0 Å². The number of hydrogen-bond donors (Lipinski definition) is 2. The van der Waals surface area contributed by atoms with Gasteiger partial charge in [0, 0.05) is 40.5 Å². The molecule has 1 aliphatic heterocycles. The molecular weight excluding hydrogens is 336 g/mol. The predicted molar refractivity (Wildman–Crippen MR) is 99.0 cm³/mol. The molecule has 0 unspecified atom stereocenters. The quantitative estimate of drug-likeness (QED) is 0.624. The van der Waals surface area contributed by atoms with Gasteiger partial charge in [-0.15, -0.1) is 0 Å². The molecule has 1 aromatic rings. The number of carbonyl (C=O) groups is 2. The second kappa shape index (κ2) is 10.1. The van der Waals surface area contributed by atoms with Crippen molar-refractivity contribution in [1.82, 2.24) is 24.9 Å². The largest absolute Gasteiger partial charge is 0.383 e. The maximum Gasteiger partial charge on any atom is 0.319 e. The Balaban J connectivity index is 1.65. The minimum absolute atomic E-state index is 0.0169. The number of urea groups is 1. The molecule has 0 radical (unpaired) electrons. The fourth-order valence-corrected chi connectivity index (χ4v) is 3.07. The number of aromatic nitrogens is 2. The van der Waals surface area contributed by atoms with Gasteiger partial charge in [-0.05, 0) is 25.8 Å². The van der Waals surface area contributed by atoms with Crippen molar-refractivity contribution in [3.8, 4) is 0 Å². The van der Waals surface area contributed by atoms with Crippen molar-refractivity contribution in [2.45, 2.75) is 31.8 Å². The van der Waals surface area contributed by atoms with E-state index >= 15 is 0 Å². The molecule has 1 aromatic heterocycles. The third kappa shape index (κ3) is 5.99. The third-order valence-electron chi connectivity index (χ3n) is 4.41. The molecule has 3 amide bonds. The van der Waals surface area contributed by atoms with Gasteiger partial charge in [0.2, 0.25) is 5.91 Å². The maximum absolute atomic E-state index is 12.2. The third-order valence-corrected chi connectivity index (χ3v) is 4.41. The molecule has 146 valence electrons. The summed E-state index contributed by atoms with van der Waals surface area (Å²) in [5.74, 6) is 0.165. The van der Waals surface area contributed by atoms with Crippen LogP contribution in [-0.4, -0.2) is 85.0 Å². The topological polar surface area (TPSA) is 91.7 Å². The summed E-state index contributed by atoms with van der Waals surface area (Å²) in [6, 6.07) is -0.268. The molecule has 0 aromatic carbocycles. The molecular formula is C17H30N6O3. The van der Waals surface area contributed by atoms with Crippen LogP contribution in [0.2, 0.25) is 0 Å². The Bertz CT molecular complexity index is 589. The molecule has 1 fully saturated rings. The Labute approximate surface area is 154 Å². The van der Waals surface area contributed by atoms with Gasteiger partial charge in [-0.2, -0.15) is 5.10 Å². The summed E-state index contributed by atoms with van der Waals surface area (Å²) in [6.45, 7) is 3.52. The second-order valence-electron chi connectivity index (χ2n) is 6.65. The van der Waals surface area contributed by atoms with Gasteiger partial charge in [-0.25, -0.2) is 4.79 Å². The van der Waals surface area contributed by atoms with E-state index in [1.807, 2.05) is 0 Å².